The quantitative estimate of drug-likeness (QED) is 0.324. The minimum absolute atomic E-state index is 0.113. The van der Waals surface area contributed by atoms with Gasteiger partial charge in [0.1, 0.15) is 18.4 Å². The molecule has 4 atom stereocenters. The monoisotopic (exact) mass is 567 g/mol. The van der Waals surface area contributed by atoms with E-state index in [1.165, 1.54) is 0 Å². The first kappa shape index (κ1) is 29.5. The fourth-order valence-corrected chi connectivity index (χ4v) is 6.33. The Morgan fingerprint density at radius 1 is 1.23 bits per heavy atom. The number of benzene rings is 2. The number of aliphatic hydroxyl groups excluding tert-OH is 1. The average Bonchev–Trinajstić information content (AvgIpc) is 3.20. The zero-order valence-electron chi connectivity index (χ0n) is 22.6. The lowest BCUT2D eigenvalue weighted by molar-refractivity contribution is -0.160. The van der Waals surface area contributed by atoms with E-state index < -0.39 is 12.3 Å². The van der Waals surface area contributed by atoms with E-state index >= 15 is 0 Å². The van der Waals surface area contributed by atoms with Gasteiger partial charge in [-0.15, -0.1) is 0 Å². The number of hydrogen-bond acceptors (Lipinski definition) is 5. The van der Waals surface area contributed by atoms with Gasteiger partial charge in [0.25, 0.3) is 0 Å². The molecule has 2 aliphatic rings. The molecule has 0 bridgehead atoms. The molecule has 4 unspecified atom stereocenters. The van der Waals surface area contributed by atoms with Crippen LogP contribution in [0.2, 0.25) is 5.02 Å². The maximum absolute atomic E-state index is 14.3. The van der Waals surface area contributed by atoms with Crippen LogP contribution in [0.5, 0.6) is 5.75 Å². The summed E-state index contributed by atoms with van der Waals surface area (Å²) in [4.78, 5) is 16.2. The highest BCUT2D eigenvalue weighted by Gasteiger charge is 2.50. The maximum Gasteiger partial charge on any atom is 0.457 e. The second-order valence-electron chi connectivity index (χ2n) is 11.2. The van der Waals surface area contributed by atoms with Crippen LogP contribution < -0.4 is 15.4 Å². The molecule has 10 heteroatoms. The standard InChI is InChI=1S/C29H37ClF3N3O3/c1-18-12-22(16-23(13-18)39-11-10-37)35-26(24-5-4-21(30)14-19(24)2)27(38)36-9-8-28(3)7-6-20(15-25(28)36)17-34-29(31,32)33/h4-5,12-14,16,20,25-26,34-35,37H,6-11,15,17H2,1-3H3. The number of alkyl halides is 3. The van der Waals surface area contributed by atoms with Gasteiger partial charge in [-0.1, -0.05) is 24.6 Å². The number of nitrogens with one attached hydrogen (secondary N) is 2. The number of ether oxygens (including phenoxy) is 1. The Morgan fingerprint density at radius 3 is 2.69 bits per heavy atom. The lowest BCUT2D eigenvalue weighted by atomic mass is 9.68. The van der Waals surface area contributed by atoms with Crippen LogP contribution in [0.15, 0.2) is 36.4 Å². The molecule has 214 valence electrons. The molecular formula is C29H37ClF3N3O3. The SMILES string of the molecule is Cc1cc(NC(C(=O)N2CCC3(C)CCC(CNC(F)(F)F)CC23)c2ccc(Cl)cc2C)cc(OCCO)c1. The van der Waals surface area contributed by atoms with Crippen molar-refractivity contribution in [1.82, 2.24) is 10.2 Å². The molecule has 2 fully saturated rings. The summed E-state index contributed by atoms with van der Waals surface area (Å²) in [6.45, 7) is 6.43. The Balaban J connectivity index is 1.63. The zero-order valence-corrected chi connectivity index (χ0v) is 23.3. The van der Waals surface area contributed by atoms with Gasteiger partial charge in [-0.3, -0.25) is 4.79 Å². The normalized spacial score (nSPS) is 23.8. The van der Waals surface area contributed by atoms with E-state index in [1.54, 1.807) is 17.4 Å². The lowest BCUT2D eigenvalue weighted by Crippen LogP contribution is -2.49. The predicted octanol–water partition coefficient (Wildman–Crippen LogP) is 6.00. The number of carbonyl (C=O) groups excluding carboxylic acids is 1. The summed E-state index contributed by atoms with van der Waals surface area (Å²) in [5.41, 5.74) is 3.12. The third-order valence-electron chi connectivity index (χ3n) is 8.17. The molecule has 3 N–H and O–H groups in total. The van der Waals surface area contributed by atoms with Crippen LogP contribution in [0, 0.1) is 25.2 Å². The number of carbonyl (C=O) groups is 1. The van der Waals surface area contributed by atoms with Gasteiger partial charge in [0.15, 0.2) is 0 Å². The molecule has 0 radical (unpaired) electrons. The van der Waals surface area contributed by atoms with Gasteiger partial charge in [-0.2, -0.15) is 13.2 Å². The number of halogens is 4. The van der Waals surface area contributed by atoms with E-state index in [4.69, 9.17) is 21.4 Å². The molecule has 1 heterocycles. The minimum Gasteiger partial charge on any atom is -0.491 e. The molecule has 2 aromatic rings. The number of aliphatic hydroxyl groups is 1. The van der Waals surface area contributed by atoms with Crippen molar-refractivity contribution in [2.45, 2.75) is 64.8 Å². The third kappa shape index (κ3) is 7.18. The van der Waals surface area contributed by atoms with Crippen LogP contribution in [0.25, 0.3) is 0 Å². The molecule has 39 heavy (non-hydrogen) atoms. The summed E-state index contributed by atoms with van der Waals surface area (Å²) in [7, 11) is 0. The van der Waals surface area contributed by atoms with Gasteiger partial charge in [0, 0.05) is 35.9 Å². The third-order valence-corrected chi connectivity index (χ3v) is 8.41. The van der Waals surface area contributed by atoms with Gasteiger partial charge < -0.3 is 20.1 Å². The second-order valence-corrected chi connectivity index (χ2v) is 11.6. The van der Waals surface area contributed by atoms with Gasteiger partial charge in [0.2, 0.25) is 5.91 Å². The molecule has 0 aromatic heterocycles. The summed E-state index contributed by atoms with van der Waals surface area (Å²) in [6.07, 6.45) is -1.58. The van der Waals surface area contributed by atoms with Crippen molar-refractivity contribution >= 4 is 23.2 Å². The first-order chi connectivity index (χ1) is 18.4. The number of likely N-dealkylation sites (tertiary alicyclic amines) is 1. The van der Waals surface area contributed by atoms with Crippen LogP contribution >= 0.6 is 11.6 Å². The molecular weight excluding hydrogens is 531 g/mol. The van der Waals surface area contributed by atoms with Crippen molar-refractivity contribution in [2.75, 3.05) is 31.6 Å². The fourth-order valence-electron chi connectivity index (χ4n) is 6.10. The van der Waals surface area contributed by atoms with E-state index in [9.17, 15) is 18.0 Å². The first-order valence-electron chi connectivity index (χ1n) is 13.4. The Morgan fingerprint density at radius 2 is 2.00 bits per heavy atom. The lowest BCUT2D eigenvalue weighted by Gasteiger charge is -2.43. The largest absolute Gasteiger partial charge is 0.491 e. The minimum atomic E-state index is -4.42. The van der Waals surface area contributed by atoms with Crippen molar-refractivity contribution in [3.8, 4) is 5.75 Å². The summed E-state index contributed by atoms with van der Waals surface area (Å²) in [6, 6.07) is 10.1. The number of rotatable bonds is 9. The summed E-state index contributed by atoms with van der Waals surface area (Å²) in [5, 5.41) is 14.8. The van der Waals surface area contributed by atoms with Crippen molar-refractivity contribution < 1.29 is 27.8 Å². The van der Waals surface area contributed by atoms with E-state index in [0.29, 0.717) is 35.8 Å². The Labute approximate surface area is 232 Å². The number of anilines is 1. The number of fused-ring (bicyclic) bond motifs is 1. The highest BCUT2D eigenvalue weighted by atomic mass is 35.5. The first-order valence-corrected chi connectivity index (χ1v) is 13.8. The summed E-state index contributed by atoms with van der Waals surface area (Å²) < 4.78 is 44.1. The smallest absolute Gasteiger partial charge is 0.457 e. The number of hydrogen-bond donors (Lipinski definition) is 3. The molecule has 1 aliphatic heterocycles. The van der Waals surface area contributed by atoms with E-state index in [-0.39, 0.29) is 43.0 Å². The Hall–Kier alpha value is -2.49. The molecule has 1 amide bonds. The van der Waals surface area contributed by atoms with Gasteiger partial charge in [-0.05, 0) is 91.8 Å². The van der Waals surface area contributed by atoms with Gasteiger partial charge in [-0.25, -0.2) is 5.32 Å². The highest BCUT2D eigenvalue weighted by molar-refractivity contribution is 6.30. The molecule has 0 spiro atoms. The Bertz CT molecular complexity index is 1180. The Kier molecular flexibility index (Phi) is 9.03. The summed E-state index contributed by atoms with van der Waals surface area (Å²) >= 11 is 6.23. The maximum atomic E-state index is 14.3. The molecule has 6 nitrogen and oxygen atoms in total. The topological polar surface area (TPSA) is 73.8 Å². The van der Waals surface area contributed by atoms with Crippen LogP contribution in [-0.4, -0.2) is 54.6 Å². The van der Waals surface area contributed by atoms with E-state index in [1.807, 2.05) is 43.0 Å². The van der Waals surface area contributed by atoms with Crippen molar-refractivity contribution in [3.63, 3.8) is 0 Å². The van der Waals surface area contributed by atoms with Crippen LogP contribution in [0.4, 0.5) is 18.9 Å². The highest BCUT2D eigenvalue weighted by Crippen LogP contribution is 2.49. The van der Waals surface area contributed by atoms with Crippen molar-refractivity contribution in [2.24, 2.45) is 11.3 Å². The molecule has 1 saturated heterocycles. The zero-order chi connectivity index (χ0) is 28.4. The fraction of sp³-hybridized carbons (Fsp3) is 0.552. The van der Waals surface area contributed by atoms with E-state index in [2.05, 4.69) is 12.2 Å². The van der Waals surface area contributed by atoms with Gasteiger partial charge in [0.05, 0.1) is 6.61 Å². The van der Waals surface area contributed by atoms with Crippen molar-refractivity contribution in [3.05, 3.63) is 58.1 Å². The summed E-state index contributed by atoms with van der Waals surface area (Å²) in [5.74, 6) is 0.300. The molecule has 1 aliphatic carbocycles. The van der Waals surface area contributed by atoms with Crippen LogP contribution in [0.1, 0.15) is 55.3 Å². The number of amides is 1. The number of aryl methyl sites for hydroxylation is 2. The molecule has 2 aromatic carbocycles. The van der Waals surface area contributed by atoms with E-state index in [0.717, 1.165) is 29.5 Å². The number of nitrogens with zero attached hydrogens (tertiary/aromatic N) is 1. The van der Waals surface area contributed by atoms with Gasteiger partial charge >= 0.3 is 6.30 Å². The van der Waals surface area contributed by atoms with Crippen LogP contribution in [-0.2, 0) is 4.79 Å². The predicted molar refractivity (Wildman–Crippen MR) is 146 cm³/mol. The molecule has 1 saturated carbocycles. The van der Waals surface area contributed by atoms with Crippen molar-refractivity contribution in [1.29, 1.82) is 0 Å². The van der Waals surface area contributed by atoms with Crippen LogP contribution in [0.3, 0.4) is 0 Å². The molecule has 4 rings (SSSR count). The average molecular weight is 568 g/mol. The second kappa shape index (κ2) is 11.9.